The lowest BCUT2D eigenvalue weighted by atomic mass is 10.2. The van der Waals surface area contributed by atoms with Gasteiger partial charge in [0.2, 0.25) is 11.9 Å². The molecular weight excluding hydrogens is 346 g/mol. The van der Waals surface area contributed by atoms with Crippen molar-refractivity contribution in [2.24, 2.45) is 0 Å². The number of nitrogen functional groups attached to an aromatic ring is 1. The second kappa shape index (κ2) is 7.95. The van der Waals surface area contributed by atoms with Crippen molar-refractivity contribution < 1.29 is 4.79 Å². The van der Waals surface area contributed by atoms with E-state index in [-0.39, 0.29) is 11.2 Å². The lowest BCUT2D eigenvalue weighted by Gasteiger charge is -2.36. The van der Waals surface area contributed by atoms with Crippen LogP contribution in [0.2, 0.25) is 0 Å². The number of rotatable bonds is 4. The molecule has 1 unspecified atom stereocenters. The van der Waals surface area contributed by atoms with Crippen LogP contribution in [-0.2, 0) is 4.79 Å². The predicted molar refractivity (Wildman–Crippen MR) is 106 cm³/mol. The summed E-state index contributed by atoms with van der Waals surface area (Å²) >= 11 is 1.61. The molecule has 1 saturated heterocycles. The molecule has 1 amide bonds. The molecule has 2 aromatic rings. The number of aromatic nitrogens is 2. The first kappa shape index (κ1) is 18.5. The molecule has 0 aliphatic carbocycles. The number of hydrogen-bond donors (Lipinski definition) is 1. The summed E-state index contributed by atoms with van der Waals surface area (Å²) in [4.78, 5) is 26.4. The second-order valence-corrected chi connectivity index (χ2v) is 8.03. The Labute approximate surface area is 158 Å². The molecule has 0 radical (unpaired) electrons. The van der Waals surface area contributed by atoms with Gasteiger partial charge in [-0.05, 0) is 32.9 Å². The van der Waals surface area contributed by atoms with Crippen molar-refractivity contribution in [1.82, 2.24) is 14.9 Å². The highest BCUT2D eigenvalue weighted by atomic mass is 32.2. The number of carbonyl (C=O) groups excluding carboxylic acids is 1. The van der Waals surface area contributed by atoms with Crippen molar-refractivity contribution in [2.75, 3.05) is 36.8 Å². The minimum atomic E-state index is -0.0961. The van der Waals surface area contributed by atoms with Crippen LogP contribution in [0.5, 0.6) is 0 Å². The lowest BCUT2D eigenvalue weighted by molar-refractivity contribution is -0.130. The van der Waals surface area contributed by atoms with Gasteiger partial charge in [0, 0.05) is 42.8 Å². The van der Waals surface area contributed by atoms with Crippen molar-refractivity contribution in [3.8, 4) is 0 Å². The number of benzene rings is 1. The van der Waals surface area contributed by atoms with E-state index in [0.29, 0.717) is 19.0 Å². The third-order valence-corrected chi connectivity index (χ3v) is 5.55. The Morgan fingerprint density at radius 3 is 2.38 bits per heavy atom. The van der Waals surface area contributed by atoms with Gasteiger partial charge in [0.25, 0.3) is 0 Å². The summed E-state index contributed by atoms with van der Waals surface area (Å²) in [6, 6.07) is 10.2. The smallest absolute Gasteiger partial charge is 0.235 e. The summed E-state index contributed by atoms with van der Waals surface area (Å²) in [6.07, 6.45) is 0. The molecule has 1 aliphatic heterocycles. The van der Waals surface area contributed by atoms with Crippen molar-refractivity contribution in [3.05, 3.63) is 41.6 Å². The van der Waals surface area contributed by atoms with Crippen molar-refractivity contribution in [2.45, 2.75) is 30.9 Å². The molecule has 1 fully saturated rings. The molecule has 1 atom stereocenters. The average molecular weight is 372 g/mol. The van der Waals surface area contributed by atoms with Crippen LogP contribution in [0.4, 0.5) is 11.8 Å². The largest absolute Gasteiger partial charge is 0.368 e. The topological polar surface area (TPSA) is 75.4 Å². The van der Waals surface area contributed by atoms with Crippen LogP contribution in [0.1, 0.15) is 18.2 Å². The van der Waals surface area contributed by atoms with Gasteiger partial charge in [-0.1, -0.05) is 17.7 Å². The molecule has 0 bridgehead atoms. The van der Waals surface area contributed by atoms with Gasteiger partial charge in [-0.15, -0.1) is 11.8 Å². The van der Waals surface area contributed by atoms with E-state index in [1.165, 1.54) is 5.56 Å². The maximum atomic E-state index is 12.8. The van der Waals surface area contributed by atoms with Gasteiger partial charge in [-0.2, -0.15) is 4.98 Å². The van der Waals surface area contributed by atoms with Crippen LogP contribution in [0.15, 0.2) is 35.2 Å². The minimum Gasteiger partial charge on any atom is -0.368 e. The van der Waals surface area contributed by atoms with Crippen LogP contribution in [0, 0.1) is 13.8 Å². The van der Waals surface area contributed by atoms with E-state index in [1.807, 2.05) is 24.8 Å². The zero-order valence-corrected chi connectivity index (χ0v) is 16.3. The van der Waals surface area contributed by atoms with Crippen molar-refractivity contribution in [3.63, 3.8) is 0 Å². The van der Waals surface area contributed by atoms with Gasteiger partial charge in [0.05, 0.1) is 5.25 Å². The maximum absolute atomic E-state index is 12.8. The molecule has 2 heterocycles. The molecule has 0 saturated carbocycles. The van der Waals surface area contributed by atoms with E-state index in [0.717, 1.165) is 29.5 Å². The fourth-order valence-electron chi connectivity index (χ4n) is 3.02. The number of piperazine rings is 1. The highest BCUT2D eigenvalue weighted by Gasteiger charge is 2.26. The molecule has 138 valence electrons. The molecule has 26 heavy (non-hydrogen) atoms. The normalized spacial score (nSPS) is 15.8. The third-order valence-electron chi connectivity index (χ3n) is 4.45. The first-order chi connectivity index (χ1) is 12.4. The monoisotopic (exact) mass is 371 g/mol. The Hall–Kier alpha value is -2.28. The molecule has 1 aromatic heterocycles. The summed E-state index contributed by atoms with van der Waals surface area (Å²) in [5.74, 6) is 1.32. The summed E-state index contributed by atoms with van der Waals surface area (Å²) in [5, 5.41) is -0.0961. The number of hydrogen-bond acceptors (Lipinski definition) is 6. The number of nitrogens with zero attached hydrogens (tertiary/aromatic N) is 4. The number of anilines is 2. The molecule has 3 rings (SSSR count). The molecule has 2 N–H and O–H groups in total. The summed E-state index contributed by atoms with van der Waals surface area (Å²) in [5.41, 5.74) is 7.83. The molecule has 6 nitrogen and oxygen atoms in total. The van der Waals surface area contributed by atoms with Gasteiger partial charge >= 0.3 is 0 Å². The number of thioether (sulfide) groups is 1. The zero-order valence-electron chi connectivity index (χ0n) is 15.5. The van der Waals surface area contributed by atoms with Crippen LogP contribution in [0.25, 0.3) is 0 Å². The summed E-state index contributed by atoms with van der Waals surface area (Å²) in [6.45, 7) is 8.85. The SMILES string of the molecule is Cc1ccc(SC(C)C(=O)N2CCN(c3cc(C)nc(N)n3)CC2)cc1. The van der Waals surface area contributed by atoms with E-state index in [9.17, 15) is 4.79 Å². The predicted octanol–water partition coefficient (Wildman–Crippen LogP) is 2.51. The second-order valence-electron chi connectivity index (χ2n) is 6.61. The molecular formula is C19H25N5OS. The average Bonchev–Trinajstić information content (AvgIpc) is 2.62. The number of aryl methyl sites for hydroxylation is 2. The molecule has 0 spiro atoms. The van der Waals surface area contributed by atoms with Crippen molar-refractivity contribution >= 4 is 29.4 Å². The summed E-state index contributed by atoms with van der Waals surface area (Å²) in [7, 11) is 0. The van der Waals surface area contributed by atoms with Crippen LogP contribution >= 0.6 is 11.8 Å². The van der Waals surface area contributed by atoms with Crippen molar-refractivity contribution in [1.29, 1.82) is 0 Å². The van der Waals surface area contributed by atoms with E-state index < -0.39 is 0 Å². The quantitative estimate of drug-likeness (QED) is 0.833. The van der Waals surface area contributed by atoms with E-state index in [2.05, 4.69) is 46.1 Å². The molecule has 7 heteroatoms. The Kier molecular flexibility index (Phi) is 5.66. The highest BCUT2D eigenvalue weighted by molar-refractivity contribution is 8.00. The lowest BCUT2D eigenvalue weighted by Crippen LogP contribution is -2.51. The number of nitrogens with two attached hydrogens (primary N) is 1. The van der Waals surface area contributed by atoms with E-state index in [4.69, 9.17) is 5.73 Å². The standard InChI is InChI=1S/C19H25N5OS/c1-13-4-6-16(7-5-13)26-15(3)18(25)24-10-8-23(9-11-24)17-12-14(2)21-19(20)22-17/h4-7,12,15H,8-11H2,1-3H3,(H2,20,21,22). The molecule has 1 aromatic carbocycles. The fraction of sp³-hybridized carbons (Fsp3) is 0.421. The zero-order chi connectivity index (χ0) is 18.7. The highest BCUT2D eigenvalue weighted by Crippen LogP contribution is 2.25. The van der Waals surface area contributed by atoms with E-state index >= 15 is 0 Å². The minimum absolute atomic E-state index is 0.0961. The van der Waals surface area contributed by atoms with Crippen LogP contribution in [0.3, 0.4) is 0 Å². The summed E-state index contributed by atoms with van der Waals surface area (Å²) < 4.78 is 0. The number of carbonyl (C=O) groups is 1. The fourth-order valence-corrected chi connectivity index (χ4v) is 3.97. The van der Waals surface area contributed by atoms with Gasteiger partial charge in [0.15, 0.2) is 0 Å². The van der Waals surface area contributed by atoms with Gasteiger partial charge in [-0.25, -0.2) is 4.98 Å². The molecule has 1 aliphatic rings. The van der Waals surface area contributed by atoms with Crippen LogP contribution in [-0.4, -0.2) is 52.2 Å². The first-order valence-electron chi connectivity index (χ1n) is 8.80. The maximum Gasteiger partial charge on any atom is 0.235 e. The Bertz CT molecular complexity index is 752. The van der Waals surface area contributed by atoms with Gasteiger partial charge in [-0.3, -0.25) is 4.79 Å². The van der Waals surface area contributed by atoms with Crippen LogP contribution < -0.4 is 10.6 Å². The Morgan fingerprint density at radius 1 is 1.12 bits per heavy atom. The first-order valence-corrected chi connectivity index (χ1v) is 9.68. The number of amides is 1. The Morgan fingerprint density at radius 2 is 1.77 bits per heavy atom. The third kappa shape index (κ3) is 4.46. The van der Waals surface area contributed by atoms with E-state index in [1.54, 1.807) is 11.8 Å². The van der Waals surface area contributed by atoms with Gasteiger partial charge in [0.1, 0.15) is 5.82 Å². The Balaban J connectivity index is 1.56. The van der Waals surface area contributed by atoms with Gasteiger partial charge < -0.3 is 15.5 Å².